The SMILES string of the molecule is CCCc1c2ccccc2c(Cc2cc(COC(=O)c3cc(C(=O)OCc4cc(Cc5c6ccccc6c(CCC)c6ccccc56)cc(Cc5c6ccccc6c(CCC)c6ccccc56)c4)cc(C(=O)OCc4cc(Cc5c6ccccc6c(CCC)c6ccccc56)cc(Cc5c6ccccc6c(CCC)c6ccccc56)c4)c3)cc(Cc3c4ccccc4c(CCC)c4ccccc34)c2)c2ccccc12. The van der Waals surface area contributed by atoms with Gasteiger partial charge in [-0.15, -0.1) is 0 Å². The van der Waals surface area contributed by atoms with Crippen LogP contribution in [-0.4, -0.2) is 17.9 Å². The lowest BCUT2D eigenvalue weighted by Crippen LogP contribution is -2.14. The maximum atomic E-state index is 15.9. The molecule has 0 amide bonds. The highest BCUT2D eigenvalue weighted by atomic mass is 16.5. The Hall–Kier alpha value is -15.6. The van der Waals surface area contributed by atoms with E-state index in [1.165, 1.54) is 214 Å². The number of esters is 3. The normalized spacial score (nSPS) is 11.8. The fraction of sp³-hybridized carbons (Fsp3) is 0.196. The van der Waals surface area contributed by atoms with Crippen molar-refractivity contribution < 1.29 is 28.6 Å². The van der Waals surface area contributed by atoms with Crippen LogP contribution in [0.4, 0.5) is 0 Å². The number of hydrogen-bond acceptors (Lipinski definition) is 6. The number of carbonyl (C=O) groups excluding carboxylic acids is 3. The van der Waals surface area contributed by atoms with E-state index in [-0.39, 0.29) is 36.5 Å². The summed E-state index contributed by atoms with van der Waals surface area (Å²) in [6.45, 7) is 13.2. The molecule has 0 saturated carbocycles. The Bertz CT molecular complexity index is 7200. The Morgan fingerprint density at radius 1 is 0.153 bits per heavy atom. The average Bonchev–Trinajstić information content (AvgIpc) is 0.764. The highest BCUT2D eigenvalue weighted by molar-refractivity contribution is 6.13. The van der Waals surface area contributed by atoms with E-state index >= 15 is 14.4 Å². The van der Waals surface area contributed by atoms with Crippen LogP contribution in [0.5, 0.6) is 0 Å². The molecule has 144 heavy (non-hydrogen) atoms. The lowest BCUT2D eigenvalue weighted by Gasteiger charge is -2.19. The Morgan fingerprint density at radius 3 is 0.382 bits per heavy atom. The molecule has 0 aliphatic heterocycles. The second-order valence-electron chi connectivity index (χ2n) is 39.9. The van der Waals surface area contributed by atoms with E-state index < -0.39 is 17.9 Å². The molecule has 22 aromatic carbocycles. The second-order valence-corrected chi connectivity index (χ2v) is 39.9. The van der Waals surface area contributed by atoms with Gasteiger partial charge in [-0.25, -0.2) is 14.4 Å². The summed E-state index contributed by atoms with van der Waals surface area (Å²) in [5.41, 5.74) is 24.5. The van der Waals surface area contributed by atoms with Gasteiger partial charge in [0.25, 0.3) is 0 Å². The molecular formula is C138H120O6. The molecule has 22 rings (SSSR count). The molecule has 0 atom stereocenters. The molecule has 6 heteroatoms. The zero-order chi connectivity index (χ0) is 97.8. The summed E-state index contributed by atoms with van der Waals surface area (Å²) in [4.78, 5) is 47.7. The van der Waals surface area contributed by atoms with E-state index in [0.717, 1.165) is 127 Å². The molecule has 0 bridgehead atoms. The van der Waals surface area contributed by atoms with Gasteiger partial charge in [0, 0.05) is 0 Å². The fourth-order valence-electron chi connectivity index (χ4n) is 24.4. The molecule has 0 saturated heterocycles. The van der Waals surface area contributed by atoms with Crippen LogP contribution in [0, 0.1) is 0 Å². The summed E-state index contributed by atoms with van der Waals surface area (Å²) in [7, 11) is 0. The number of carbonyl (C=O) groups is 3. The summed E-state index contributed by atoms with van der Waals surface area (Å²) < 4.78 is 20.1. The molecule has 0 aliphatic carbocycles. The van der Waals surface area contributed by atoms with Crippen LogP contribution >= 0.6 is 0 Å². The van der Waals surface area contributed by atoms with Gasteiger partial charge in [-0.05, 0) is 341 Å². The second kappa shape index (κ2) is 41.5. The van der Waals surface area contributed by atoms with Crippen molar-refractivity contribution >= 4 is 147 Å². The lowest BCUT2D eigenvalue weighted by atomic mass is 9.85. The lowest BCUT2D eigenvalue weighted by molar-refractivity contribution is 0.0467. The fourth-order valence-corrected chi connectivity index (χ4v) is 24.4. The molecule has 22 aromatic rings. The monoisotopic (exact) mass is 1870 g/mol. The Morgan fingerprint density at radius 2 is 0.264 bits per heavy atom. The first-order valence-corrected chi connectivity index (χ1v) is 52.4. The van der Waals surface area contributed by atoms with Gasteiger partial charge in [-0.2, -0.15) is 0 Å². The zero-order valence-corrected chi connectivity index (χ0v) is 83.4. The van der Waals surface area contributed by atoms with E-state index in [2.05, 4.69) is 387 Å². The van der Waals surface area contributed by atoms with Gasteiger partial charge >= 0.3 is 17.9 Å². The minimum atomic E-state index is -0.719. The molecule has 0 heterocycles. The number of hydrogen-bond donors (Lipinski definition) is 0. The minimum absolute atomic E-state index is 0.000744. The maximum Gasteiger partial charge on any atom is 0.338 e. The van der Waals surface area contributed by atoms with Gasteiger partial charge in [-0.3, -0.25) is 0 Å². The van der Waals surface area contributed by atoms with Crippen molar-refractivity contribution in [3.8, 4) is 0 Å². The average molecular weight is 1870 g/mol. The number of rotatable bonds is 33. The van der Waals surface area contributed by atoms with Crippen LogP contribution in [0.25, 0.3) is 129 Å². The van der Waals surface area contributed by atoms with Gasteiger partial charge in [0.05, 0.1) is 16.7 Å². The van der Waals surface area contributed by atoms with Gasteiger partial charge in [0.2, 0.25) is 0 Å². The van der Waals surface area contributed by atoms with Gasteiger partial charge < -0.3 is 14.2 Å². The van der Waals surface area contributed by atoms with Crippen molar-refractivity contribution in [1.82, 2.24) is 0 Å². The summed E-state index contributed by atoms with van der Waals surface area (Å²) in [5, 5.41) is 29.8. The molecule has 6 nitrogen and oxygen atoms in total. The largest absolute Gasteiger partial charge is 0.457 e. The van der Waals surface area contributed by atoms with Crippen molar-refractivity contribution in [3.05, 3.63) is 498 Å². The van der Waals surface area contributed by atoms with Crippen molar-refractivity contribution in [2.75, 3.05) is 0 Å². The van der Waals surface area contributed by atoms with Crippen LogP contribution in [-0.2, 0) is 111 Å². The van der Waals surface area contributed by atoms with Crippen molar-refractivity contribution in [2.24, 2.45) is 0 Å². The van der Waals surface area contributed by atoms with Crippen LogP contribution in [0.1, 0.15) is 228 Å². The van der Waals surface area contributed by atoms with Crippen LogP contribution in [0.2, 0.25) is 0 Å². The molecule has 0 N–H and O–H groups in total. The van der Waals surface area contributed by atoms with Crippen LogP contribution in [0.3, 0.4) is 0 Å². The molecule has 0 unspecified atom stereocenters. The highest BCUT2D eigenvalue weighted by Gasteiger charge is 2.27. The molecule has 708 valence electrons. The predicted molar refractivity (Wildman–Crippen MR) is 603 cm³/mol. The Kier molecular flexibility index (Phi) is 26.9. The van der Waals surface area contributed by atoms with Gasteiger partial charge in [-0.1, -0.05) is 426 Å². The minimum Gasteiger partial charge on any atom is -0.457 e. The predicted octanol–water partition coefficient (Wildman–Crippen LogP) is 34.9. The quantitative estimate of drug-likeness (QED) is 0.0232. The Labute approximate surface area is 844 Å². The third kappa shape index (κ3) is 18.3. The molecule has 0 aromatic heterocycles. The number of aryl methyl sites for hydroxylation is 6. The van der Waals surface area contributed by atoms with Gasteiger partial charge in [0.15, 0.2) is 0 Å². The van der Waals surface area contributed by atoms with Crippen LogP contribution in [0.15, 0.2) is 364 Å². The standard InChI is InChI=1S/C138H120O6/c1-7-37-100-106-43-13-25-55-118(106)130(119-56-26-14-44-107(100)119)76-88-67-89(77-131-120-57-27-15-45-108(120)101(38-8-2)109-46-16-28-58-121(109)131)71-94(70-88)85-142-136(139)97-82-98(137(140)143-86-95-72-90(78-132-122-59-29-17-47-110(122)102(39-9-3)111-48-18-30-60-123(111)132)68-91(73-95)79-133-124-61-31-19-49-112(124)103(40-10-4)113-50-20-32-62-125(113)133)84-99(83-97)138(141)144-87-96-74-92(80-134-126-63-33-21-51-114(126)104(41-11-5)115-52-22-34-64-127(115)134)69-93(75-96)81-135-128-65-35-23-53-116(128)105(42-12-6)117-54-24-36-66-129(117)135/h13-36,43-75,82-84H,7-12,37-42,76-81,85-87H2,1-6H3. The molecular weight excluding hydrogens is 1750 g/mol. The smallest absolute Gasteiger partial charge is 0.338 e. The molecule has 0 radical (unpaired) electrons. The maximum absolute atomic E-state index is 15.9. The molecule has 0 fully saturated rings. The van der Waals surface area contributed by atoms with Crippen LogP contribution < -0.4 is 0 Å². The number of benzene rings is 22. The third-order valence-electron chi connectivity index (χ3n) is 30.3. The summed E-state index contributed by atoms with van der Waals surface area (Å²) in [6, 6.07) is 131. The summed E-state index contributed by atoms with van der Waals surface area (Å²) in [6.07, 6.45) is 15.5. The number of fused-ring (bicyclic) bond motifs is 12. The number of ether oxygens (including phenoxy) is 3. The van der Waals surface area contributed by atoms with E-state index in [9.17, 15) is 0 Å². The highest BCUT2D eigenvalue weighted by Crippen LogP contribution is 2.45. The Balaban J connectivity index is 0.656. The van der Waals surface area contributed by atoms with E-state index in [4.69, 9.17) is 14.2 Å². The summed E-state index contributed by atoms with van der Waals surface area (Å²) >= 11 is 0. The molecule has 0 aliphatic rings. The van der Waals surface area contributed by atoms with Crippen molar-refractivity contribution in [2.45, 2.75) is 177 Å². The summed E-state index contributed by atoms with van der Waals surface area (Å²) in [5.74, 6) is -2.16. The first-order valence-electron chi connectivity index (χ1n) is 52.4. The van der Waals surface area contributed by atoms with Gasteiger partial charge in [0.1, 0.15) is 19.8 Å². The third-order valence-corrected chi connectivity index (χ3v) is 30.3. The van der Waals surface area contributed by atoms with E-state index in [1.807, 2.05) is 0 Å². The molecule has 0 spiro atoms. The first kappa shape index (κ1) is 93.3. The van der Waals surface area contributed by atoms with Crippen molar-refractivity contribution in [1.29, 1.82) is 0 Å². The topological polar surface area (TPSA) is 78.9 Å². The first-order chi connectivity index (χ1) is 70.9. The van der Waals surface area contributed by atoms with E-state index in [0.29, 0.717) is 38.5 Å². The zero-order valence-electron chi connectivity index (χ0n) is 83.4. The van der Waals surface area contributed by atoms with Crippen molar-refractivity contribution in [3.63, 3.8) is 0 Å². The van der Waals surface area contributed by atoms with E-state index in [1.54, 1.807) is 0 Å².